The van der Waals surface area contributed by atoms with Crippen molar-refractivity contribution in [2.75, 3.05) is 0 Å². The number of para-hydroxylation sites is 1. The third-order valence-corrected chi connectivity index (χ3v) is 3.10. The minimum Gasteiger partial charge on any atom is -0.426 e. The van der Waals surface area contributed by atoms with Crippen molar-refractivity contribution in [2.24, 2.45) is 5.92 Å². The van der Waals surface area contributed by atoms with Crippen molar-refractivity contribution in [1.29, 1.82) is 0 Å². The molecule has 0 fully saturated rings. The van der Waals surface area contributed by atoms with E-state index in [1.165, 1.54) is 6.08 Å². The lowest BCUT2D eigenvalue weighted by Gasteiger charge is -2.16. The number of carbonyl (C=O) groups excluding carboxylic acids is 2. The molecule has 84 valence electrons. The van der Waals surface area contributed by atoms with E-state index < -0.39 is 11.8 Å². The van der Waals surface area contributed by atoms with E-state index in [0.29, 0.717) is 5.75 Å². The number of benzene rings is 1. The second-order valence-electron chi connectivity index (χ2n) is 4.11. The van der Waals surface area contributed by atoms with Crippen LogP contribution < -0.4 is 4.74 Å². The van der Waals surface area contributed by atoms with Crippen LogP contribution in [0, 0.1) is 5.92 Å². The maximum atomic E-state index is 11.8. The highest BCUT2D eigenvalue weighted by atomic mass is 16.5. The van der Waals surface area contributed by atoms with Crippen LogP contribution in [-0.4, -0.2) is 11.8 Å². The Labute approximate surface area is 98.4 Å². The highest BCUT2D eigenvalue weighted by Gasteiger charge is 2.40. The SMILES string of the molecule is O=C1C=CC=CC1C1C(=O)Oc2ccccc21. The molecule has 0 spiro atoms. The molecular weight excluding hydrogens is 216 g/mol. The third-order valence-electron chi connectivity index (χ3n) is 3.10. The summed E-state index contributed by atoms with van der Waals surface area (Å²) in [5.41, 5.74) is 0.802. The lowest BCUT2D eigenvalue weighted by atomic mass is 9.82. The Hall–Kier alpha value is -2.16. The molecule has 1 aliphatic carbocycles. The van der Waals surface area contributed by atoms with Crippen molar-refractivity contribution in [3.05, 3.63) is 54.1 Å². The molecule has 3 nitrogen and oxygen atoms in total. The molecule has 2 aliphatic rings. The first-order valence-corrected chi connectivity index (χ1v) is 5.47. The molecule has 1 aromatic rings. The van der Waals surface area contributed by atoms with Gasteiger partial charge in [0, 0.05) is 5.56 Å². The van der Waals surface area contributed by atoms with Crippen LogP contribution in [0.15, 0.2) is 48.6 Å². The van der Waals surface area contributed by atoms with Crippen molar-refractivity contribution in [2.45, 2.75) is 5.92 Å². The molecule has 0 saturated heterocycles. The fourth-order valence-electron chi connectivity index (χ4n) is 2.28. The summed E-state index contributed by atoms with van der Waals surface area (Å²) in [7, 11) is 0. The van der Waals surface area contributed by atoms with E-state index in [0.717, 1.165) is 5.56 Å². The maximum Gasteiger partial charge on any atom is 0.320 e. The molecule has 3 heteroatoms. The summed E-state index contributed by atoms with van der Waals surface area (Å²) in [5, 5.41) is 0. The largest absolute Gasteiger partial charge is 0.426 e. The fourth-order valence-corrected chi connectivity index (χ4v) is 2.28. The predicted molar refractivity (Wildman–Crippen MR) is 61.6 cm³/mol. The minimum absolute atomic E-state index is 0.0499. The molecule has 0 aromatic heterocycles. The quantitative estimate of drug-likeness (QED) is 0.543. The van der Waals surface area contributed by atoms with Crippen LogP contribution in [0.1, 0.15) is 11.5 Å². The summed E-state index contributed by atoms with van der Waals surface area (Å²) < 4.78 is 5.17. The van der Waals surface area contributed by atoms with Crippen LogP contribution in [0.3, 0.4) is 0 Å². The van der Waals surface area contributed by atoms with Gasteiger partial charge in [-0.2, -0.15) is 0 Å². The van der Waals surface area contributed by atoms with Gasteiger partial charge in [0.1, 0.15) is 5.75 Å². The number of hydrogen-bond donors (Lipinski definition) is 0. The molecule has 17 heavy (non-hydrogen) atoms. The molecule has 3 rings (SSSR count). The van der Waals surface area contributed by atoms with Crippen LogP contribution >= 0.6 is 0 Å². The third kappa shape index (κ3) is 1.51. The van der Waals surface area contributed by atoms with Crippen molar-refractivity contribution >= 4 is 11.8 Å². The first-order valence-electron chi connectivity index (χ1n) is 5.47. The Morgan fingerprint density at radius 3 is 2.71 bits per heavy atom. The smallest absolute Gasteiger partial charge is 0.320 e. The summed E-state index contributed by atoms with van der Waals surface area (Å²) in [5.74, 6) is -0.759. The van der Waals surface area contributed by atoms with Crippen LogP contribution in [0.2, 0.25) is 0 Å². The number of ether oxygens (including phenoxy) is 1. The van der Waals surface area contributed by atoms with Gasteiger partial charge in [0.2, 0.25) is 0 Å². The summed E-state index contributed by atoms with van der Waals surface area (Å²) in [6, 6.07) is 7.25. The number of allylic oxidation sites excluding steroid dienone is 4. The fraction of sp³-hybridized carbons (Fsp3) is 0.143. The normalized spacial score (nSPS) is 25.9. The van der Waals surface area contributed by atoms with Crippen molar-refractivity contribution in [3.8, 4) is 5.75 Å². The van der Waals surface area contributed by atoms with E-state index in [-0.39, 0.29) is 11.8 Å². The second-order valence-corrected chi connectivity index (χ2v) is 4.11. The zero-order chi connectivity index (χ0) is 11.8. The average molecular weight is 226 g/mol. The first kappa shape index (κ1) is 10.0. The summed E-state index contributed by atoms with van der Waals surface area (Å²) in [6.45, 7) is 0. The second kappa shape index (κ2) is 3.70. The van der Waals surface area contributed by atoms with Gasteiger partial charge in [-0.3, -0.25) is 9.59 Å². The number of rotatable bonds is 1. The molecular formula is C14H10O3. The zero-order valence-electron chi connectivity index (χ0n) is 9.00. The molecule has 0 saturated carbocycles. The lowest BCUT2D eigenvalue weighted by Crippen LogP contribution is -2.25. The Bertz CT molecular complexity index is 554. The first-order chi connectivity index (χ1) is 8.27. The Morgan fingerprint density at radius 1 is 1.06 bits per heavy atom. The van der Waals surface area contributed by atoms with Gasteiger partial charge >= 0.3 is 5.97 Å². The van der Waals surface area contributed by atoms with E-state index in [9.17, 15) is 9.59 Å². The molecule has 0 bridgehead atoms. The van der Waals surface area contributed by atoms with Gasteiger partial charge in [-0.1, -0.05) is 36.4 Å². The van der Waals surface area contributed by atoms with Gasteiger partial charge in [-0.25, -0.2) is 0 Å². The number of hydrogen-bond acceptors (Lipinski definition) is 3. The monoisotopic (exact) mass is 226 g/mol. The highest BCUT2D eigenvalue weighted by molar-refractivity contribution is 6.00. The van der Waals surface area contributed by atoms with Crippen molar-refractivity contribution in [3.63, 3.8) is 0 Å². The number of carbonyl (C=O) groups is 2. The van der Waals surface area contributed by atoms with Crippen molar-refractivity contribution in [1.82, 2.24) is 0 Å². The molecule has 2 unspecified atom stereocenters. The minimum atomic E-state index is -0.500. The van der Waals surface area contributed by atoms with Crippen molar-refractivity contribution < 1.29 is 14.3 Å². The van der Waals surface area contributed by atoms with Crippen LogP contribution in [0.25, 0.3) is 0 Å². The van der Waals surface area contributed by atoms with Gasteiger partial charge in [-0.05, 0) is 12.1 Å². The molecule has 0 N–H and O–H groups in total. The summed E-state index contributed by atoms with van der Waals surface area (Å²) in [6.07, 6.45) is 6.74. The molecule has 0 amide bonds. The Balaban J connectivity index is 2.04. The molecule has 1 aliphatic heterocycles. The van der Waals surface area contributed by atoms with Gasteiger partial charge in [0.25, 0.3) is 0 Å². The van der Waals surface area contributed by atoms with E-state index in [4.69, 9.17) is 4.74 Å². The Morgan fingerprint density at radius 2 is 1.88 bits per heavy atom. The van der Waals surface area contributed by atoms with Crippen LogP contribution in [0.5, 0.6) is 5.75 Å². The van der Waals surface area contributed by atoms with Gasteiger partial charge in [-0.15, -0.1) is 0 Å². The lowest BCUT2D eigenvalue weighted by molar-refractivity contribution is -0.136. The highest BCUT2D eigenvalue weighted by Crippen LogP contribution is 2.40. The number of fused-ring (bicyclic) bond motifs is 1. The predicted octanol–water partition coefficient (Wildman–Crippen LogP) is 2.00. The molecule has 0 radical (unpaired) electrons. The van der Waals surface area contributed by atoms with E-state index >= 15 is 0 Å². The molecule has 1 heterocycles. The van der Waals surface area contributed by atoms with E-state index in [2.05, 4.69) is 0 Å². The molecule has 2 atom stereocenters. The van der Waals surface area contributed by atoms with E-state index in [1.54, 1.807) is 24.3 Å². The number of esters is 1. The summed E-state index contributed by atoms with van der Waals surface area (Å²) in [4.78, 5) is 23.6. The van der Waals surface area contributed by atoms with E-state index in [1.807, 2.05) is 18.2 Å². The van der Waals surface area contributed by atoms with Crippen LogP contribution in [0.4, 0.5) is 0 Å². The standard InChI is InChI=1S/C14H10O3/c15-11-7-3-1-5-9(11)13-10-6-2-4-8-12(10)17-14(13)16/h1-9,13H. The number of ketones is 1. The zero-order valence-corrected chi connectivity index (χ0v) is 9.00. The van der Waals surface area contributed by atoms with Gasteiger partial charge in [0.15, 0.2) is 5.78 Å². The van der Waals surface area contributed by atoms with Crippen LogP contribution in [-0.2, 0) is 9.59 Å². The van der Waals surface area contributed by atoms with Gasteiger partial charge in [0.05, 0.1) is 11.8 Å². The molecule has 1 aromatic carbocycles. The summed E-state index contributed by atoms with van der Waals surface area (Å²) >= 11 is 0. The average Bonchev–Trinajstić information content (AvgIpc) is 2.66. The topological polar surface area (TPSA) is 43.4 Å². The van der Waals surface area contributed by atoms with Gasteiger partial charge < -0.3 is 4.74 Å². The maximum absolute atomic E-state index is 11.8. The Kier molecular flexibility index (Phi) is 2.18.